The molecule has 1 saturated heterocycles. The number of hydrogen-bond donors (Lipinski definition) is 3. The van der Waals surface area contributed by atoms with Gasteiger partial charge in [0.1, 0.15) is 36.0 Å². The van der Waals surface area contributed by atoms with Crippen molar-refractivity contribution in [1.82, 2.24) is 9.55 Å². The fraction of sp³-hybridized carbons (Fsp3) is 0.542. The van der Waals surface area contributed by atoms with Gasteiger partial charge in [-0.1, -0.05) is 25.1 Å². The monoisotopic (exact) mass is 556 g/mol. The summed E-state index contributed by atoms with van der Waals surface area (Å²) in [4.78, 5) is 28.4. The summed E-state index contributed by atoms with van der Waals surface area (Å²) in [5, 5.41) is 11.0. The molecule has 1 unspecified atom stereocenters. The van der Waals surface area contributed by atoms with Crippen LogP contribution in [0, 0.1) is 5.92 Å². The Kier molecular flexibility index (Phi) is 9.32. The van der Waals surface area contributed by atoms with Crippen molar-refractivity contribution in [2.24, 2.45) is 11.7 Å². The van der Waals surface area contributed by atoms with Gasteiger partial charge in [-0.3, -0.25) is 13.9 Å². The largest absolute Gasteiger partial charge is 0.463 e. The third kappa shape index (κ3) is 6.59. The average molecular weight is 557 g/mol. The van der Waals surface area contributed by atoms with Gasteiger partial charge < -0.3 is 30.6 Å². The van der Waals surface area contributed by atoms with Crippen LogP contribution in [0.25, 0.3) is 0 Å². The molecule has 1 aliphatic rings. The lowest BCUT2D eigenvalue weighted by atomic mass is 9.91. The van der Waals surface area contributed by atoms with Gasteiger partial charge in [0.2, 0.25) is 0 Å². The molecule has 210 valence electrons. The van der Waals surface area contributed by atoms with E-state index in [4.69, 9.17) is 30.0 Å². The molecule has 14 heteroatoms. The zero-order valence-corrected chi connectivity index (χ0v) is 22.5. The minimum Gasteiger partial charge on any atom is -0.463 e. The number of esters is 1. The highest BCUT2D eigenvalue weighted by Gasteiger charge is 2.57. The molecule has 2 aromatic rings. The van der Waals surface area contributed by atoms with Crippen LogP contribution in [-0.2, 0) is 23.4 Å². The summed E-state index contributed by atoms with van der Waals surface area (Å²) in [5.41, 5.74) is 8.78. The normalized spacial score (nSPS) is 26.5. The molecule has 0 spiro atoms. The number of aromatic nitrogens is 2. The summed E-state index contributed by atoms with van der Waals surface area (Å²) in [7, 11) is -4.11. The van der Waals surface area contributed by atoms with Gasteiger partial charge in [0.15, 0.2) is 6.23 Å². The second kappa shape index (κ2) is 11.9. The number of carbonyl (C=O) groups excluding carboxylic acids is 1. The average Bonchev–Trinajstić information content (AvgIpc) is 3.10. The number of rotatable bonds is 11. The van der Waals surface area contributed by atoms with Crippen molar-refractivity contribution in [3.63, 3.8) is 0 Å². The van der Waals surface area contributed by atoms with Crippen LogP contribution in [-0.4, -0.2) is 63.4 Å². The summed E-state index contributed by atoms with van der Waals surface area (Å²) in [6, 6.07) is 9.47. The first kappa shape index (κ1) is 29.7. The van der Waals surface area contributed by atoms with Gasteiger partial charge in [0, 0.05) is 6.20 Å². The van der Waals surface area contributed by atoms with E-state index in [2.05, 4.69) is 4.98 Å². The van der Waals surface area contributed by atoms with Gasteiger partial charge in [-0.05, 0) is 39.0 Å². The number of benzene rings is 1. The SMILES string of the molecule is CC(C)OC(=O)[C@H](C)C[P@](=O)(Oc1ccccc1)O[C@@H](C)[C@H]1O[C@@H](n2ccc(N)nc2=O)C(N)(CF)[C@H]1O. The second-order valence-electron chi connectivity index (χ2n) is 9.58. The van der Waals surface area contributed by atoms with Crippen molar-refractivity contribution in [3.8, 4) is 5.75 Å². The maximum atomic E-state index is 14.2. The van der Waals surface area contributed by atoms with E-state index in [1.807, 2.05) is 0 Å². The Balaban J connectivity index is 1.88. The number of ether oxygens (including phenoxy) is 2. The van der Waals surface area contributed by atoms with Crippen LogP contribution in [0.4, 0.5) is 10.2 Å². The first-order valence-electron chi connectivity index (χ1n) is 12.0. The molecule has 0 radical (unpaired) electrons. The van der Waals surface area contributed by atoms with Crippen molar-refractivity contribution in [3.05, 3.63) is 53.1 Å². The minimum atomic E-state index is -4.11. The molecule has 1 aromatic heterocycles. The quantitative estimate of drug-likeness (QED) is 0.272. The van der Waals surface area contributed by atoms with Gasteiger partial charge in [-0.2, -0.15) is 4.98 Å². The van der Waals surface area contributed by atoms with Crippen molar-refractivity contribution in [2.45, 2.75) is 63.9 Å². The Bertz CT molecular complexity index is 1220. The zero-order chi connectivity index (χ0) is 28.3. The molecule has 2 heterocycles. The molecule has 1 aromatic carbocycles. The predicted octanol–water partition coefficient (Wildman–Crippen LogP) is 2.02. The molecule has 1 aliphatic heterocycles. The molecule has 5 N–H and O–H groups in total. The summed E-state index contributed by atoms with van der Waals surface area (Å²) >= 11 is 0. The first-order chi connectivity index (χ1) is 17.8. The lowest BCUT2D eigenvalue weighted by Gasteiger charge is -2.31. The zero-order valence-electron chi connectivity index (χ0n) is 21.6. The van der Waals surface area contributed by atoms with Crippen molar-refractivity contribution in [1.29, 1.82) is 0 Å². The molecule has 0 bridgehead atoms. The fourth-order valence-corrected chi connectivity index (χ4v) is 6.15. The van der Waals surface area contributed by atoms with E-state index in [1.165, 1.54) is 26.1 Å². The third-order valence-electron chi connectivity index (χ3n) is 5.97. The van der Waals surface area contributed by atoms with Gasteiger partial charge in [-0.25, -0.2) is 13.8 Å². The van der Waals surface area contributed by atoms with Crippen molar-refractivity contribution >= 4 is 19.4 Å². The highest BCUT2D eigenvalue weighted by atomic mass is 31.2. The van der Waals surface area contributed by atoms with Crippen LogP contribution >= 0.6 is 7.60 Å². The highest BCUT2D eigenvalue weighted by Crippen LogP contribution is 2.52. The molecular weight excluding hydrogens is 522 g/mol. The Labute approximate surface area is 219 Å². The molecule has 38 heavy (non-hydrogen) atoms. The molecule has 0 amide bonds. The van der Waals surface area contributed by atoms with Gasteiger partial charge in [0.05, 0.1) is 24.3 Å². The Morgan fingerprint density at radius 3 is 2.50 bits per heavy atom. The number of nitrogen functional groups attached to an aromatic ring is 1. The summed E-state index contributed by atoms with van der Waals surface area (Å²) in [6.07, 6.45) is -5.22. The van der Waals surface area contributed by atoms with E-state index in [0.717, 1.165) is 4.57 Å². The Hall–Kier alpha value is -2.83. The number of nitrogens with two attached hydrogens (primary N) is 2. The summed E-state index contributed by atoms with van der Waals surface area (Å²) < 4.78 is 51.7. The van der Waals surface area contributed by atoms with E-state index < -0.39 is 61.9 Å². The van der Waals surface area contributed by atoms with Crippen LogP contribution < -0.4 is 21.7 Å². The number of nitrogens with zero attached hydrogens (tertiary/aromatic N) is 2. The topological polar surface area (TPSA) is 178 Å². The lowest BCUT2D eigenvalue weighted by molar-refractivity contribution is -0.151. The molecule has 1 fully saturated rings. The molecular formula is C24H34FN4O8P. The number of alkyl halides is 1. The van der Waals surface area contributed by atoms with Crippen LogP contribution in [0.1, 0.15) is 33.9 Å². The van der Waals surface area contributed by atoms with Gasteiger partial charge in [-0.15, -0.1) is 0 Å². The number of aliphatic hydroxyl groups is 1. The van der Waals surface area contributed by atoms with Crippen LogP contribution in [0.5, 0.6) is 5.75 Å². The van der Waals surface area contributed by atoms with E-state index in [9.17, 15) is 23.7 Å². The third-order valence-corrected chi connectivity index (χ3v) is 8.11. The minimum absolute atomic E-state index is 0.0648. The fourth-order valence-electron chi connectivity index (χ4n) is 4.06. The molecule has 0 saturated carbocycles. The number of hydrogen-bond acceptors (Lipinski definition) is 11. The first-order valence-corrected chi connectivity index (χ1v) is 13.8. The van der Waals surface area contributed by atoms with Crippen LogP contribution in [0.2, 0.25) is 0 Å². The van der Waals surface area contributed by atoms with Crippen LogP contribution in [0.15, 0.2) is 47.4 Å². The van der Waals surface area contributed by atoms with E-state index in [0.29, 0.717) is 0 Å². The predicted molar refractivity (Wildman–Crippen MR) is 136 cm³/mol. The van der Waals surface area contributed by atoms with Crippen LogP contribution in [0.3, 0.4) is 0 Å². The van der Waals surface area contributed by atoms with E-state index in [1.54, 1.807) is 44.2 Å². The standard InChI is InChI=1S/C24H34FN4O8P/c1-14(2)34-21(31)15(3)12-38(33,37-17-8-6-5-7-9-17)36-16(4)19-20(30)24(27,13-25)22(35-19)29-11-10-18(26)28-23(29)32/h5-11,14-16,19-20,22,30H,12-13,27H2,1-4H3,(H2,26,28,32)/t15-,16+,19-,20+,22-,24?,38-/m1/s1. The number of carbonyl (C=O) groups is 1. The lowest BCUT2D eigenvalue weighted by Crippen LogP contribution is -2.58. The number of halogens is 1. The Morgan fingerprint density at radius 2 is 1.92 bits per heavy atom. The maximum Gasteiger partial charge on any atom is 0.380 e. The van der Waals surface area contributed by atoms with Gasteiger partial charge >= 0.3 is 19.3 Å². The number of anilines is 1. The van der Waals surface area contributed by atoms with Crippen molar-refractivity contribution < 1.29 is 37.4 Å². The maximum absolute atomic E-state index is 14.2. The summed E-state index contributed by atoms with van der Waals surface area (Å²) in [5.74, 6) is -1.32. The Morgan fingerprint density at radius 1 is 1.26 bits per heavy atom. The molecule has 12 nitrogen and oxygen atoms in total. The molecule has 0 aliphatic carbocycles. The molecule has 7 atom stereocenters. The van der Waals surface area contributed by atoms with E-state index in [-0.39, 0.29) is 23.8 Å². The van der Waals surface area contributed by atoms with Gasteiger partial charge in [0.25, 0.3) is 0 Å². The highest BCUT2D eigenvalue weighted by molar-refractivity contribution is 7.54. The number of aliphatic hydroxyl groups excluding tert-OH is 1. The van der Waals surface area contributed by atoms with Crippen molar-refractivity contribution in [2.75, 3.05) is 18.6 Å². The smallest absolute Gasteiger partial charge is 0.380 e. The number of para-hydroxylation sites is 1. The summed E-state index contributed by atoms with van der Waals surface area (Å²) in [6.45, 7) is 5.05. The molecule has 3 rings (SSSR count). The second-order valence-corrected chi connectivity index (χ2v) is 11.6. The van der Waals surface area contributed by atoms with E-state index >= 15 is 0 Å².